The van der Waals surface area contributed by atoms with Crippen molar-refractivity contribution in [1.29, 1.82) is 5.26 Å². The first kappa shape index (κ1) is 22.8. The Bertz CT molecular complexity index is 877. The summed E-state index contributed by atoms with van der Waals surface area (Å²) in [5.41, 5.74) is 1.41. The van der Waals surface area contributed by atoms with Crippen LogP contribution in [0.5, 0.6) is 11.5 Å². The number of methoxy groups -OCH3 is 1. The predicted octanol–water partition coefficient (Wildman–Crippen LogP) is 3.02. The Morgan fingerprint density at radius 2 is 1.90 bits per heavy atom. The van der Waals surface area contributed by atoms with E-state index in [1.807, 2.05) is 36.4 Å². The number of esters is 1. The molecule has 1 N–H and O–H groups in total. The standard InChI is InChI=1S/C23H26N2O5/c1-3-29-23(27)19(14-17-8-5-4-6-9-17)25-22(26)10-7-13-30-20-12-11-18(16-24)15-21(20)28-2/h4-6,8-9,11-12,15,19H,3,7,10,13-14H2,1-2H3,(H,25,26). The largest absolute Gasteiger partial charge is 0.493 e. The highest BCUT2D eigenvalue weighted by molar-refractivity contribution is 5.84. The first-order valence-corrected chi connectivity index (χ1v) is 9.78. The number of rotatable bonds is 11. The average molecular weight is 410 g/mol. The summed E-state index contributed by atoms with van der Waals surface area (Å²) in [4.78, 5) is 24.6. The second kappa shape index (κ2) is 12.1. The van der Waals surface area contributed by atoms with Crippen LogP contribution in [0.1, 0.15) is 30.9 Å². The third-order valence-corrected chi connectivity index (χ3v) is 4.29. The minimum atomic E-state index is -0.737. The molecule has 2 aromatic carbocycles. The molecular weight excluding hydrogens is 384 g/mol. The van der Waals surface area contributed by atoms with Crippen LogP contribution in [0.3, 0.4) is 0 Å². The number of nitriles is 1. The van der Waals surface area contributed by atoms with E-state index in [4.69, 9.17) is 19.5 Å². The SMILES string of the molecule is CCOC(=O)C(Cc1ccccc1)NC(=O)CCCOc1ccc(C#N)cc1OC. The van der Waals surface area contributed by atoms with Gasteiger partial charge in [-0.3, -0.25) is 4.79 Å². The highest BCUT2D eigenvalue weighted by Crippen LogP contribution is 2.27. The second-order valence-corrected chi connectivity index (χ2v) is 6.49. The molecule has 0 aliphatic heterocycles. The van der Waals surface area contributed by atoms with Crippen molar-refractivity contribution in [2.45, 2.75) is 32.2 Å². The van der Waals surface area contributed by atoms with E-state index in [-0.39, 0.29) is 18.9 Å². The number of hydrogen-bond donors (Lipinski definition) is 1. The van der Waals surface area contributed by atoms with E-state index in [0.717, 1.165) is 5.56 Å². The number of hydrogen-bond acceptors (Lipinski definition) is 6. The first-order valence-electron chi connectivity index (χ1n) is 9.78. The number of carbonyl (C=O) groups excluding carboxylic acids is 2. The first-order chi connectivity index (χ1) is 14.6. The Kier molecular flexibility index (Phi) is 9.19. The van der Waals surface area contributed by atoms with Crippen molar-refractivity contribution >= 4 is 11.9 Å². The Hall–Kier alpha value is -3.53. The Morgan fingerprint density at radius 3 is 2.57 bits per heavy atom. The smallest absolute Gasteiger partial charge is 0.328 e. The van der Waals surface area contributed by atoms with E-state index in [1.165, 1.54) is 7.11 Å². The lowest BCUT2D eigenvalue weighted by atomic mass is 10.1. The summed E-state index contributed by atoms with van der Waals surface area (Å²) >= 11 is 0. The van der Waals surface area contributed by atoms with Gasteiger partial charge in [0.25, 0.3) is 0 Å². The lowest BCUT2D eigenvalue weighted by Gasteiger charge is -2.17. The fraction of sp³-hybridized carbons (Fsp3) is 0.348. The molecule has 0 radical (unpaired) electrons. The normalized spacial score (nSPS) is 11.1. The summed E-state index contributed by atoms with van der Waals surface area (Å²) in [5.74, 6) is 0.266. The molecule has 2 aromatic rings. The lowest BCUT2D eigenvalue weighted by Crippen LogP contribution is -2.43. The minimum Gasteiger partial charge on any atom is -0.493 e. The molecule has 158 valence electrons. The van der Waals surface area contributed by atoms with Gasteiger partial charge in [0.2, 0.25) is 5.91 Å². The Balaban J connectivity index is 1.85. The third-order valence-electron chi connectivity index (χ3n) is 4.29. The van der Waals surface area contributed by atoms with Crippen molar-refractivity contribution in [2.24, 2.45) is 0 Å². The van der Waals surface area contributed by atoms with Crippen molar-refractivity contribution in [1.82, 2.24) is 5.32 Å². The topological polar surface area (TPSA) is 97.6 Å². The van der Waals surface area contributed by atoms with Crippen LogP contribution in [0.4, 0.5) is 0 Å². The molecule has 0 heterocycles. The summed E-state index contributed by atoms with van der Waals surface area (Å²) in [5, 5.41) is 11.7. The molecule has 1 amide bonds. The van der Waals surface area contributed by atoms with Gasteiger partial charge in [-0.05, 0) is 31.0 Å². The minimum absolute atomic E-state index is 0.198. The van der Waals surface area contributed by atoms with Crippen LogP contribution < -0.4 is 14.8 Å². The molecule has 0 saturated carbocycles. The molecular formula is C23H26N2O5. The lowest BCUT2D eigenvalue weighted by molar-refractivity contribution is -0.147. The van der Waals surface area contributed by atoms with E-state index in [9.17, 15) is 9.59 Å². The van der Waals surface area contributed by atoms with E-state index in [1.54, 1.807) is 25.1 Å². The predicted molar refractivity (Wildman–Crippen MR) is 111 cm³/mol. The summed E-state index contributed by atoms with van der Waals surface area (Å²) in [6, 6.07) is 15.7. The zero-order valence-electron chi connectivity index (χ0n) is 17.2. The van der Waals surface area contributed by atoms with Gasteiger partial charge in [-0.2, -0.15) is 5.26 Å². The molecule has 2 rings (SSSR count). The Morgan fingerprint density at radius 1 is 1.13 bits per heavy atom. The maximum Gasteiger partial charge on any atom is 0.328 e. The van der Waals surface area contributed by atoms with Gasteiger partial charge in [0.15, 0.2) is 11.5 Å². The highest BCUT2D eigenvalue weighted by atomic mass is 16.5. The maximum atomic E-state index is 12.3. The fourth-order valence-corrected chi connectivity index (χ4v) is 2.82. The number of amides is 1. The monoisotopic (exact) mass is 410 g/mol. The highest BCUT2D eigenvalue weighted by Gasteiger charge is 2.22. The van der Waals surface area contributed by atoms with Crippen LogP contribution >= 0.6 is 0 Å². The summed E-state index contributed by atoms with van der Waals surface area (Å²) in [7, 11) is 1.50. The van der Waals surface area contributed by atoms with E-state index in [2.05, 4.69) is 5.32 Å². The molecule has 0 saturated heterocycles. The van der Waals surface area contributed by atoms with Crippen molar-refractivity contribution in [3.05, 3.63) is 59.7 Å². The Labute approximate surface area is 176 Å². The third kappa shape index (κ3) is 7.13. The maximum absolute atomic E-state index is 12.3. The zero-order chi connectivity index (χ0) is 21.8. The van der Waals surface area contributed by atoms with Gasteiger partial charge >= 0.3 is 5.97 Å². The molecule has 0 bridgehead atoms. The quantitative estimate of drug-likeness (QED) is 0.452. The van der Waals surface area contributed by atoms with Gasteiger partial charge in [0.05, 0.1) is 32.0 Å². The molecule has 0 aliphatic carbocycles. The van der Waals surface area contributed by atoms with Gasteiger partial charge < -0.3 is 19.5 Å². The van der Waals surface area contributed by atoms with E-state index >= 15 is 0 Å². The number of ether oxygens (including phenoxy) is 3. The number of carbonyl (C=O) groups is 2. The van der Waals surface area contributed by atoms with Gasteiger partial charge in [-0.25, -0.2) is 4.79 Å². The van der Waals surface area contributed by atoms with Crippen LogP contribution in [-0.4, -0.2) is 38.2 Å². The van der Waals surface area contributed by atoms with Crippen LogP contribution in [0.15, 0.2) is 48.5 Å². The van der Waals surface area contributed by atoms with Crippen molar-refractivity contribution < 1.29 is 23.8 Å². The van der Waals surface area contributed by atoms with Crippen molar-refractivity contribution in [2.75, 3.05) is 20.3 Å². The molecule has 0 fully saturated rings. The van der Waals surface area contributed by atoms with Crippen LogP contribution in [0.2, 0.25) is 0 Å². The van der Waals surface area contributed by atoms with Gasteiger partial charge in [0.1, 0.15) is 6.04 Å². The average Bonchev–Trinajstić information content (AvgIpc) is 2.77. The zero-order valence-corrected chi connectivity index (χ0v) is 17.2. The van der Waals surface area contributed by atoms with Gasteiger partial charge in [-0.15, -0.1) is 0 Å². The van der Waals surface area contributed by atoms with Crippen molar-refractivity contribution in [3.8, 4) is 17.6 Å². The number of benzene rings is 2. The van der Waals surface area contributed by atoms with Crippen LogP contribution in [0, 0.1) is 11.3 Å². The molecule has 30 heavy (non-hydrogen) atoms. The summed E-state index contributed by atoms with van der Waals surface area (Å²) in [6.07, 6.45) is 1.02. The van der Waals surface area contributed by atoms with Gasteiger partial charge in [0, 0.05) is 18.9 Å². The summed E-state index contributed by atoms with van der Waals surface area (Å²) in [6.45, 7) is 2.27. The van der Waals surface area contributed by atoms with Crippen LogP contribution in [0.25, 0.3) is 0 Å². The number of nitrogens with zero attached hydrogens (tertiary/aromatic N) is 1. The molecule has 0 aliphatic rings. The van der Waals surface area contributed by atoms with Crippen LogP contribution in [-0.2, 0) is 20.7 Å². The molecule has 7 nitrogen and oxygen atoms in total. The van der Waals surface area contributed by atoms with E-state index < -0.39 is 12.0 Å². The number of nitrogens with one attached hydrogen (secondary N) is 1. The van der Waals surface area contributed by atoms with E-state index in [0.29, 0.717) is 36.5 Å². The fourth-order valence-electron chi connectivity index (χ4n) is 2.82. The van der Waals surface area contributed by atoms with Crippen molar-refractivity contribution in [3.63, 3.8) is 0 Å². The molecule has 0 spiro atoms. The van der Waals surface area contributed by atoms with Gasteiger partial charge in [-0.1, -0.05) is 30.3 Å². The molecule has 1 unspecified atom stereocenters. The second-order valence-electron chi connectivity index (χ2n) is 6.49. The molecule has 1 atom stereocenters. The molecule has 0 aromatic heterocycles. The molecule has 7 heteroatoms. The summed E-state index contributed by atoms with van der Waals surface area (Å²) < 4.78 is 16.0.